The van der Waals surface area contributed by atoms with E-state index in [1.807, 2.05) is 60.7 Å². The summed E-state index contributed by atoms with van der Waals surface area (Å²) in [4.78, 5) is 12.4. The Balaban J connectivity index is 2.19. The summed E-state index contributed by atoms with van der Waals surface area (Å²) in [6, 6.07) is 20.5. The molecule has 0 saturated carbocycles. The van der Waals surface area contributed by atoms with Crippen molar-refractivity contribution in [1.82, 2.24) is 0 Å². The van der Waals surface area contributed by atoms with Crippen molar-refractivity contribution in [2.45, 2.75) is 6.92 Å². The lowest BCUT2D eigenvalue weighted by molar-refractivity contribution is 0.0524. The van der Waals surface area contributed by atoms with E-state index >= 15 is 0 Å². The van der Waals surface area contributed by atoms with Crippen LogP contribution >= 0.6 is 0 Å². The summed E-state index contributed by atoms with van der Waals surface area (Å²) in [5.41, 5.74) is 3.35. The fourth-order valence-corrected chi connectivity index (χ4v) is 2.84. The number of carbonyl (C=O) groups is 1. The smallest absolute Gasteiger partial charge is 0.342 e. The summed E-state index contributed by atoms with van der Waals surface area (Å²) in [7, 11) is 1.60. The van der Waals surface area contributed by atoms with E-state index in [2.05, 4.69) is 0 Å². The van der Waals surface area contributed by atoms with Gasteiger partial charge in [-0.2, -0.15) is 0 Å². The first-order valence-electron chi connectivity index (χ1n) is 8.38. The van der Waals surface area contributed by atoms with Crippen molar-refractivity contribution in [1.29, 1.82) is 0 Å². The molecule has 3 aromatic rings. The highest BCUT2D eigenvalue weighted by atomic mass is 16.5. The maximum atomic E-state index is 12.4. The van der Waals surface area contributed by atoms with Gasteiger partial charge in [0, 0.05) is 5.56 Å². The topological polar surface area (TPSA) is 55.8 Å². The molecule has 132 valence electrons. The van der Waals surface area contributed by atoms with Crippen molar-refractivity contribution >= 4 is 5.97 Å². The van der Waals surface area contributed by atoms with E-state index in [1.165, 1.54) is 0 Å². The van der Waals surface area contributed by atoms with Crippen LogP contribution in [0.15, 0.2) is 66.7 Å². The van der Waals surface area contributed by atoms with Crippen LogP contribution in [-0.4, -0.2) is 24.8 Å². The third kappa shape index (κ3) is 3.54. The summed E-state index contributed by atoms with van der Waals surface area (Å²) >= 11 is 0. The van der Waals surface area contributed by atoms with Gasteiger partial charge in [-0.15, -0.1) is 0 Å². The maximum Gasteiger partial charge on any atom is 0.342 e. The van der Waals surface area contributed by atoms with Crippen LogP contribution < -0.4 is 4.74 Å². The molecule has 4 heteroatoms. The monoisotopic (exact) mass is 348 g/mol. The second-order valence-corrected chi connectivity index (χ2v) is 5.73. The summed E-state index contributed by atoms with van der Waals surface area (Å²) in [5.74, 6) is 0.0703. The molecule has 0 spiro atoms. The number of ether oxygens (including phenoxy) is 2. The van der Waals surface area contributed by atoms with Crippen molar-refractivity contribution in [2.24, 2.45) is 0 Å². The summed E-state index contributed by atoms with van der Waals surface area (Å²) < 4.78 is 10.3. The molecule has 1 N–H and O–H groups in total. The molecule has 4 nitrogen and oxygen atoms in total. The van der Waals surface area contributed by atoms with Gasteiger partial charge in [-0.05, 0) is 47.9 Å². The molecule has 0 fully saturated rings. The molecule has 3 rings (SSSR count). The molecule has 0 unspecified atom stereocenters. The highest BCUT2D eigenvalue weighted by molar-refractivity contribution is 6.01. The van der Waals surface area contributed by atoms with Gasteiger partial charge in [-0.25, -0.2) is 4.79 Å². The molecule has 0 bridgehead atoms. The number of rotatable bonds is 5. The first kappa shape index (κ1) is 17.5. The van der Waals surface area contributed by atoms with E-state index in [0.717, 1.165) is 22.4 Å². The van der Waals surface area contributed by atoms with Crippen LogP contribution in [-0.2, 0) is 4.74 Å². The Morgan fingerprint density at radius 3 is 2.23 bits per heavy atom. The average molecular weight is 348 g/mol. The predicted octanol–water partition coefficient (Wildman–Crippen LogP) is 4.91. The quantitative estimate of drug-likeness (QED) is 0.666. The SMILES string of the molecule is CCOC(=O)c1c(O)cc(-c2ccccc2)cc1-c1ccc(OC)cc1. The van der Waals surface area contributed by atoms with Gasteiger partial charge in [-0.3, -0.25) is 0 Å². The molecule has 0 aliphatic heterocycles. The molecular weight excluding hydrogens is 328 g/mol. The zero-order chi connectivity index (χ0) is 18.5. The minimum Gasteiger partial charge on any atom is -0.507 e. The van der Waals surface area contributed by atoms with Crippen molar-refractivity contribution in [2.75, 3.05) is 13.7 Å². The van der Waals surface area contributed by atoms with Crippen LogP contribution in [0.3, 0.4) is 0 Å². The maximum absolute atomic E-state index is 12.4. The van der Waals surface area contributed by atoms with E-state index < -0.39 is 5.97 Å². The molecule has 3 aromatic carbocycles. The fraction of sp³-hybridized carbons (Fsp3) is 0.136. The van der Waals surface area contributed by atoms with Crippen LogP contribution in [0.1, 0.15) is 17.3 Å². The van der Waals surface area contributed by atoms with Gasteiger partial charge in [0.25, 0.3) is 0 Å². The van der Waals surface area contributed by atoms with Gasteiger partial charge >= 0.3 is 5.97 Å². The zero-order valence-corrected chi connectivity index (χ0v) is 14.7. The van der Waals surface area contributed by atoms with Gasteiger partial charge in [0.15, 0.2) is 0 Å². The Kier molecular flexibility index (Phi) is 5.23. The second-order valence-electron chi connectivity index (χ2n) is 5.73. The number of methoxy groups -OCH3 is 1. The lowest BCUT2D eigenvalue weighted by Gasteiger charge is -2.14. The largest absolute Gasteiger partial charge is 0.507 e. The predicted molar refractivity (Wildman–Crippen MR) is 101 cm³/mol. The van der Waals surface area contributed by atoms with Crippen LogP contribution in [0.4, 0.5) is 0 Å². The van der Waals surface area contributed by atoms with E-state index in [-0.39, 0.29) is 17.9 Å². The second kappa shape index (κ2) is 7.74. The van der Waals surface area contributed by atoms with Crippen LogP contribution in [0.2, 0.25) is 0 Å². The highest BCUT2D eigenvalue weighted by Crippen LogP contribution is 2.36. The molecular formula is C22H20O4. The van der Waals surface area contributed by atoms with Gasteiger partial charge in [0.1, 0.15) is 17.1 Å². The lowest BCUT2D eigenvalue weighted by atomic mass is 9.93. The van der Waals surface area contributed by atoms with Crippen molar-refractivity contribution < 1.29 is 19.4 Å². The molecule has 26 heavy (non-hydrogen) atoms. The van der Waals surface area contributed by atoms with Crippen LogP contribution in [0.5, 0.6) is 11.5 Å². The molecule has 0 aliphatic carbocycles. The number of carbonyl (C=O) groups excluding carboxylic acids is 1. The van der Waals surface area contributed by atoms with Gasteiger partial charge in [0.05, 0.1) is 13.7 Å². The minimum atomic E-state index is -0.546. The van der Waals surface area contributed by atoms with E-state index in [9.17, 15) is 9.90 Å². The molecule has 0 heterocycles. The molecule has 0 aliphatic rings. The summed E-state index contributed by atoms with van der Waals surface area (Å²) in [6.07, 6.45) is 0. The number of hydrogen-bond donors (Lipinski definition) is 1. The zero-order valence-electron chi connectivity index (χ0n) is 14.7. The van der Waals surface area contributed by atoms with E-state index in [1.54, 1.807) is 20.1 Å². The molecule has 0 radical (unpaired) electrons. The highest BCUT2D eigenvalue weighted by Gasteiger charge is 2.20. The molecule has 0 amide bonds. The Labute approximate surface area is 152 Å². The van der Waals surface area contributed by atoms with Crippen molar-refractivity contribution in [3.8, 4) is 33.8 Å². The van der Waals surface area contributed by atoms with Gasteiger partial charge in [0.2, 0.25) is 0 Å². The minimum absolute atomic E-state index is 0.101. The fourth-order valence-electron chi connectivity index (χ4n) is 2.84. The lowest BCUT2D eigenvalue weighted by Crippen LogP contribution is -2.07. The van der Waals surface area contributed by atoms with Gasteiger partial charge < -0.3 is 14.6 Å². The Morgan fingerprint density at radius 2 is 1.62 bits per heavy atom. The Bertz CT molecular complexity index is 899. The Hall–Kier alpha value is -3.27. The third-order valence-electron chi connectivity index (χ3n) is 4.11. The third-order valence-corrected chi connectivity index (χ3v) is 4.11. The van der Waals surface area contributed by atoms with E-state index in [0.29, 0.717) is 5.56 Å². The number of phenols is 1. The number of phenolic OH excluding ortho intramolecular Hbond substituents is 1. The van der Waals surface area contributed by atoms with Crippen LogP contribution in [0, 0.1) is 0 Å². The number of benzene rings is 3. The van der Waals surface area contributed by atoms with Gasteiger partial charge in [-0.1, -0.05) is 42.5 Å². The Morgan fingerprint density at radius 1 is 0.923 bits per heavy atom. The number of aromatic hydroxyl groups is 1. The first-order chi connectivity index (χ1) is 12.6. The number of esters is 1. The molecule has 0 saturated heterocycles. The number of hydrogen-bond acceptors (Lipinski definition) is 4. The summed E-state index contributed by atoms with van der Waals surface area (Å²) in [5, 5.41) is 10.6. The average Bonchev–Trinajstić information content (AvgIpc) is 2.68. The molecule has 0 atom stereocenters. The normalized spacial score (nSPS) is 10.4. The standard InChI is InChI=1S/C22H20O4/c1-3-26-22(24)21-19(16-9-11-18(25-2)12-10-16)13-17(14-20(21)23)15-7-5-4-6-8-15/h4-14,23H,3H2,1-2H3. The van der Waals surface area contributed by atoms with Crippen molar-refractivity contribution in [3.63, 3.8) is 0 Å². The van der Waals surface area contributed by atoms with Crippen molar-refractivity contribution in [3.05, 3.63) is 72.3 Å². The molecule has 0 aromatic heterocycles. The first-order valence-corrected chi connectivity index (χ1v) is 8.38. The van der Waals surface area contributed by atoms with Crippen LogP contribution in [0.25, 0.3) is 22.3 Å². The summed E-state index contributed by atoms with van der Waals surface area (Å²) in [6.45, 7) is 1.97. The van der Waals surface area contributed by atoms with E-state index in [4.69, 9.17) is 9.47 Å².